The smallest absolute Gasteiger partial charge is 0.152 e. The number of likely N-dealkylation sites (N-methyl/N-ethyl adjacent to an activating group) is 2. The number of anilines is 2. The minimum absolute atomic E-state index is 0.0935. The summed E-state index contributed by atoms with van der Waals surface area (Å²) in [6.07, 6.45) is 15.4. The van der Waals surface area contributed by atoms with Crippen LogP contribution in [0.3, 0.4) is 0 Å². The molecule has 0 N–H and O–H groups in total. The van der Waals surface area contributed by atoms with Crippen LogP contribution in [-0.2, 0) is 12.8 Å². The van der Waals surface area contributed by atoms with Crippen LogP contribution in [0, 0.1) is 0 Å². The van der Waals surface area contributed by atoms with Gasteiger partial charge in [0.2, 0.25) is 0 Å². The summed E-state index contributed by atoms with van der Waals surface area (Å²) in [4.78, 5) is 46.9. The number of hydrogen-bond acceptors (Lipinski definition) is 8. The summed E-state index contributed by atoms with van der Waals surface area (Å²) in [5, 5.41) is 0. The van der Waals surface area contributed by atoms with Crippen molar-refractivity contribution in [3.05, 3.63) is 167 Å². The topological polar surface area (TPSA) is 91.1 Å². The molecule has 8 heteroatoms. The second-order valence-electron chi connectivity index (χ2n) is 15.0. The molecule has 0 bridgehead atoms. The summed E-state index contributed by atoms with van der Waals surface area (Å²) in [5.74, 6) is 0. The van der Waals surface area contributed by atoms with Gasteiger partial charge in [0.15, 0.2) is 6.29 Å². The Kier molecular flexibility index (Phi) is 13.4. The van der Waals surface area contributed by atoms with E-state index in [0.717, 1.165) is 120 Å². The van der Waals surface area contributed by atoms with Gasteiger partial charge in [0.25, 0.3) is 0 Å². The average Bonchev–Trinajstić information content (AvgIpc) is 3.29. The lowest BCUT2D eigenvalue weighted by Crippen LogP contribution is -2.27. The average molecular weight is 767 g/mol. The molecule has 0 unspecified atom stereocenters. The van der Waals surface area contributed by atoms with Crippen LogP contribution in [0.25, 0.3) is 22.3 Å². The van der Waals surface area contributed by atoms with Gasteiger partial charge in [-0.2, -0.15) is 0 Å². The number of hydrogen-bond donors (Lipinski definition) is 0. The van der Waals surface area contributed by atoms with Gasteiger partial charge in [-0.3, -0.25) is 29.5 Å². The Labute approximate surface area is 342 Å². The summed E-state index contributed by atoms with van der Waals surface area (Å²) in [6.45, 7) is 1.55. The van der Waals surface area contributed by atoms with Crippen LogP contribution in [0.15, 0.2) is 144 Å². The molecule has 0 spiro atoms. The summed E-state index contributed by atoms with van der Waals surface area (Å²) in [6, 6.07) is 40.9. The standard InChI is InChI=1S/C50H50N6O2/c1-55(29-25-45-9-5-7-27-51-45)49-31-41(40-19-15-38(35-57)16-20-40)21-23-43(49)34-54-48-12-4-3-11-47(48)53-33-37-13-17-39(18-14-37)42-22-24-44(36-58)50(32-42)56(2)30-26-46-10-6-8-28-52-46/h5-10,13-24,27-28,31-36,47-48H,3-4,11-12,25-26,29-30H2,1-2H3/t47-,48-/m1/s1. The number of aromatic nitrogens is 2. The van der Waals surface area contributed by atoms with Crippen molar-refractivity contribution in [2.24, 2.45) is 9.98 Å². The summed E-state index contributed by atoms with van der Waals surface area (Å²) >= 11 is 0. The van der Waals surface area contributed by atoms with E-state index in [1.807, 2.05) is 98.6 Å². The Hall–Kier alpha value is -6.54. The number of benzene rings is 4. The fourth-order valence-corrected chi connectivity index (χ4v) is 7.53. The molecule has 0 radical (unpaired) electrons. The summed E-state index contributed by atoms with van der Waals surface area (Å²) in [5.41, 5.74) is 11.8. The highest BCUT2D eigenvalue weighted by Crippen LogP contribution is 2.30. The van der Waals surface area contributed by atoms with E-state index in [1.165, 1.54) is 0 Å². The van der Waals surface area contributed by atoms with E-state index < -0.39 is 0 Å². The lowest BCUT2D eigenvalue weighted by Gasteiger charge is -2.26. The number of pyridine rings is 2. The van der Waals surface area contributed by atoms with Crippen molar-refractivity contribution in [3.63, 3.8) is 0 Å². The van der Waals surface area contributed by atoms with Crippen LogP contribution in [-0.4, -0.2) is 74.2 Å². The number of aldehydes is 2. The summed E-state index contributed by atoms with van der Waals surface area (Å²) < 4.78 is 0. The molecular weight excluding hydrogens is 717 g/mol. The molecule has 1 aliphatic carbocycles. The van der Waals surface area contributed by atoms with Gasteiger partial charge >= 0.3 is 0 Å². The Bertz CT molecular complexity index is 2330. The fraction of sp³-hybridized carbons (Fsp3) is 0.240. The molecule has 0 saturated heterocycles. The Morgan fingerprint density at radius 3 is 1.53 bits per heavy atom. The van der Waals surface area contributed by atoms with Gasteiger partial charge in [0, 0.05) is 104 Å². The van der Waals surface area contributed by atoms with Crippen LogP contribution in [0.4, 0.5) is 11.4 Å². The van der Waals surface area contributed by atoms with E-state index in [0.29, 0.717) is 11.1 Å². The van der Waals surface area contributed by atoms with E-state index in [1.54, 1.807) is 0 Å². The molecule has 292 valence electrons. The fourth-order valence-electron chi connectivity index (χ4n) is 7.53. The molecule has 1 aliphatic rings. The van der Waals surface area contributed by atoms with E-state index in [-0.39, 0.29) is 12.1 Å². The molecule has 0 amide bonds. The third kappa shape index (κ3) is 10.2. The first-order chi connectivity index (χ1) is 28.5. The van der Waals surface area contributed by atoms with Gasteiger partial charge in [-0.15, -0.1) is 0 Å². The third-order valence-corrected chi connectivity index (χ3v) is 11.0. The molecule has 1 fully saturated rings. The van der Waals surface area contributed by atoms with Gasteiger partial charge in [-0.1, -0.05) is 91.7 Å². The number of carbonyl (C=O) groups excluding carboxylic acids is 2. The van der Waals surface area contributed by atoms with E-state index in [2.05, 4.69) is 81.4 Å². The van der Waals surface area contributed by atoms with Crippen molar-refractivity contribution in [1.82, 2.24) is 9.97 Å². The molecule has 58 heavy (non-hydrogen) atoms. The monoisotopic (exact) mass is 766 g/mol. The first-order valence-electron chi connectivity index (χ1n) is 20.1. The lowest BCUT2D eigenvalue weighted by molar-refractivity contribution is 0.111. The largest absolute Gasteiger partial charge is 0.374 e. The molecular formula is C50H50N6O2. The Balaban J connectivity index is 1.05. The minimum Gasteiger partial charge on any atom is -0.374 e. The number of rotatable bonds is 16. The predicted octanol–water partition coefficient (Wildman–Crippen LogP) is 9.64. The number of aliphatic imine (C=N–C) groups is 2. The van der Waals surface area contributed by atoms with E-state index >= 15 is 0 Å². The molecule has 1 saturated carbocycles. The third-order valence-electron chi connectivity index (χ3n) is 11.0. The van der Waals surface area contributed by atoms with Crippen LogP contribution < -0.4 is 9.80 Å². The lowest BCUT2D eigenvalue weighted by atomic mass is 9.91. The van der Waals surface area contributed by atoms with Crippen molar-refractivity contribution < 1.29 is 9.59 Å². The van der Waals surface area contributed by atoms with Crippen LogP contribution in [0.5, 0.6) is 0 Å². The van der Waals surface area contributed by atoms with Crippen molar-refractivity contribution >= 4 is 36.4 Å². The van der Waals surface area contributed by atoms with Gasteiger partial charge in [-0.05, 0) is 83.1 Å². The molecule has 0 aliphatic heterocycles. The van der Waals surface area contributed by atoms with Crippen LogP contribution in [0.1, 0.15) is 68.9 Å². The zero-order valence-corrected chi connectivity index (χ0v) is 33.3. The molecule has 8 nitrogen and oxygen atoms in total. The maximum atomic E-state index is 12.0. The molecule has 7 rings (SSSR count). The maximum Gasteiger partial charge on any atom is 0.152 e. The zero-order valence-electron chi connectivity index (χ0n) is 33.3. The molecule has 4 aromatic carbocycles. The first-order valence-corrected chi connectivity index (χ1v) is 20.1. The molecule has 2 heterocycles. The van der Waals surface area contributed by atoms with Gasteiger partial charge in [-0.25, -0.2) is 0 Å². The summed E-state index contributed by atoms with van der Waals surface area (Å²) in [7, 11) is 4.14. The predicted molar refractivity (Wildman–Crippen MR) is 238 cm³/mol. The Morgan fingerprint density at radius 1 is 0.552 bits per heavy atom. The van der Waals surface area contributed by atoms with Crippen LogP contribution in [0.2, 0.25) is 0 Å². The highest BCUT2D eigenvalue weighted by molar-refractivity contribution is 5.91. The van der Waals surface area contributed by atoms with Gasteiger partial charge in [0.1, 0.15) is 6.29 Å². The van der Waals surface area contributed by atoms with Gasteiger partial charge < -0.3 is 9.80 Å². The van der Waals surface area contributed by atoms with Crippen molar-refractivity contribution in [2.45, 2.75) is 50.6 Å². The Morgan fingerprint density at radius 2 is 1.03 bits per heavy atom. The number of carbonyl (C=O) groups is 2. The minimum atomic E-state index is 0.0935. The number of nitrogens with zero attached hydrogens (tertiary/aromatic N) is 6. The van der Waals surface area contributed by atoms with Crippen molar-refractivity contribution in [3.8, 4) is 22.3 Å². The maximum absolute atomic E-state index is 12.0. The quantitative estimate of drug-likeness (QED) is 0.0720. The highest BCUT2D eigenvalue weighted by atomic mass is 16.1. The van der Waals surface area contributed by atoms with E-state index in [9.17, 15) is 9.59 Å². The first kappa shape index (κ1) is 39.7. The second kappa shape index (κ2) is 19.6. The van der Waals surface area contributed by atoms with Crippen molar-refractivity contribution in [1.29, 1.82) is 0 Å². The second-order valence-corrected chi connectivity index (χ2v) is 15.0. The molecule has 2 atom stereocenters. The van der Waals surface area contributed by atoms with Crippen molar-refractivity contribution in [2.75, 3.05) is 37.0 Å². The zero-order chi connectivity index (χ0) is 40.1. The van der Waals surface area contributed by atoms with Crippen LogP contribution >= 0.6 is 0 Å². The normalized spacial score (nSPS) is 15.4. The SMILES string of the molecule is CN(CCc1ccccn1)c1cc(-c2ccc(C=N[C@@H]3CCCC[C@H]3N=Cc3ccc(-c4ccc(C=O)cc4)cc3N(C)CCc3ccccn3)cc2)ccc1C=O. The molecule has 6 aromatic rings. The molecule has 2 aromatic heterocycles. The highest BCUT2D eigenvalue weighted by Gasteiger charge is 2.23. The van der Waals surface area contributed by atoms with E-state index in [4.69, 9.17) is 9.98 Å². The van der Waals surface area contributed by atoms with Gasteiger partial charge in [0.05, 0.1) is 12.1 Å².